The van der Waals surface area contributed by atoms with E-state index in [4.69, 9.17) is 4.89 Å². The lowest BCUT2D eigenvalue weighted by Crippen LogP contribution is -1.50. The summed E-state index contributed by atoms with van der Waals surface area (Å²) in [5.74, 6) is 0. The minimum absolute atomic E-state index is 0.360. The van der Waals surface area contributed by atoms with Crippen molar-refractivity contribution in [2.45, 2.75) is 0 Å². The highest BCUT2D eigenvalue weighted by atomic mass is 31.1. The summed E-state index contributed by atoms with van der Waals surface area (Å²) in [5.41, 5.74) is 0. The summed E-state index contributed by atoms with van der Waals surface area (Å²) >= 11 is 0. The molecular formula is CH5O2P. The van der Waals surface area contributed by atoms with E-state index in [0.29, 0.717) is 0 Å². The first-order valence-corrected chi connectivity index (χ1v) is 1.69. The van der Waals surface area contributed by atoms with Gasteiger partial charge in [-0.1, -0.05) is 0 Å². The van der Waals surface area contributed by atoms with Crippen molar-refractivity contribution in [1.82, 2.24) is 0 Å². The van der Waals surface area contributed by atoms with Crippen molar-refractivity contribution in [2.24, 2.45) is 0 Å². The van der Waals surface area contributed by atoms with Crippen LogP contribution >= 0.6 is 9.03 Å². The van der Waals surface area contributed by atoms with Crippen molar-refractivity contribution in [1.29, 1.82) is 0 Å². The zero-order chi connectivity index (χ0) is 3.41. The Morgan fingerprint density at radius 1 is 2.00 bits per heavy atom. The Kier molecular flexibility index (Phi) is 3.64. The van der Waals surface area contributed by atoms with Crippen molar-refractivity contribution in [2.75, 3.05) is 7.11 Å². The van der Waals surface area contributed by atoms with Crippen LogP contribution in [0.15, 0.2) is 0 Å². The van der Waals surface area contributed by atoms with Gasteiger partial charge in [0.15, 0.2) is 9.03 Å². The van der Waals surface area contributed by atoms with Crippen LogP contribution in [0.4, 0.5) is 0 Å². The molecule has 0 aliphatic carbocycles. The first kappa shape index (κ1) is 4.35. The molecule has 0 aromatic rings. The van der Waals surface area contributed by atoms with Gasteiger partial charge in [0.05, 0.1) is 0 Å². The molecule has 0 aliphatic heterocycles. The average molecular weight is 80.0 g/mol. The molecule has 0 amide bonds. The Labute approximate surface area is 26.7 Å². The van der Waals surface area contributed by atoms with Crippen molar-refractivity contribution < 1.29 is 9.42 Å². The molecule has 4 heavy (non-hydrogen) atoms. The van der Waals surface area contributed by atoms with E-state index in [9.17, 15) is 0 Å². The second-order valence-corrected chi connectivity index (χ2v) is 0.886. The summed E-state index contributed by atoms with van der Waals surface area (Å²) in [5, 5.41) is 0. The summed E-state index contributed by atoms with van der Waals surface area (Å²) in [6.45, 7) is 0. The highest BCUT2D eigenvalue weighted by Crippen LogP contribution is 1.95. The standard InChI is InChI=1S/CH5O2P/c1-3-4-2/h2,4H,1H3. The molecule has 1 N–H and O–H groups in total. The molecule has 0 heterocycles. The molecule has 0 aromatic heterocycles. The van der Waals surface area contributed by atoms with Gasteiger partial charge < -0.3 is 9.42 Å². The van der Waals surface area contributed by atoms with Gasteiger partial charge >= 0.3 is 0 Å². The maximum atomic E-state index is 7.68. The number of hydrogen-bond acceptors (Lipinski definition) is 2. The van der Waals surface area contributed by atoms with E-state index >= 15 is 0 Å². The second-order valence-electron chi connectivity index (χ2n) is 0.295. The van der Waals surface area contributed by atoms with Gasteiger partial charge in [-0.15, -0.1) is 0 Å². The summed E-state index contributed by atoms with van der Waals surface area (Å²) in [6, 6.07) is 0. The van der Waals surface area contributed by atoms with Crippen LogP contribution in [0.3, 0.4) is 0 Å². The smallest absolute Gasteiger partial charge is 0.151 e. The normalized spacial score (nSPS) is 10.5. The third-order valence-corrected chi connectivity index (χ3v) is 0.274. The molecule has 3 heteroatoms. The van der Waals surface area contributed by atoms with Crippen LogP contribution in [-0.2, 0) is 4.52 Å². The first-order valence-electron chi connectivity index (χ1n) is 0.836. The van der Waals surface area contributed by atoms with E-state index in [1.807, 2.05) is 0 Å². The van der Waals surface area contributed by atoms with Crippen molar-refractivity contribution in [3.63, 3.8) is 0 Å². The molecule has 1 unspecified atom stereocenters. The second kappa shape index (κ2) is 3.35. The predicted molar refractivity (Wildman–Crippen MR) is 17.5 cm³/mol. The molecule has 0 bridgehead atoms. The fraction of sp³-hybridized carbons (Fsp3) is 1.00. The quantitative estimate of drug-likeness (QED) is 0.454. The van der Waals surface area contributed by atoms with E-state index in [2.05, 4.69) is 4.52 Å². The first-order chi connectivity index (χ1) is 1.91. The molecule has 0 saturated heterocycles. The summed E-state index contributed by atoms with van der Waals surface area (Å²) in [6.07, 6.45) is 0. The van der Waals surface area contributed by atoms with Crippen LogP contribution < -0.4 is 0 Å². The fourth-order valence-electron chi connectivity index (χ4n) is 0. The minimum atomic E-state index is -0.360. The third-order valence-electron chi connectivity index (χ3n) is 0.0913. The lowest BCUT2D eigenvalue weighted by atomic mass is 11.8. The van der Waals surface area contributed by atoms with Crippen LogP contribution in [0.5, 0.6) is 0 Å². The van der Waals surface area contributed by atoms with Gasteiger partial charge in [0.2, 0.25) is 0 Å². The van der Waals surface area contributed by atoms with Gasteiger partial charge in [-0.25, -0.2) is 0 Å². The molecule has 2 nitrogen and oxygen atoms in total. The van der Waals surface area contributed by atoms with Gasteiger partial charge in [0.1, 0.15) is 0 Å². The predicted octanol–water partition coefficient (Wildman–Crippen LogP) is 0.134. The van der Waals surface area contributed by atoms with E-state index < -0.39 is 0 Å². The van der Waals surface area contributed by atoms with Crippen molar-refractivity contribution in [3.8, 4) is 0 Å². The van der Waals surface area contributed by atoms with E-state index in [1.165, 1.54) is 7.11 Å². The molecule has 0 radical (unpaired) electrons. The SMILES string of the molecule is COPO. The van der Waals surface area contributed by atoms with Crippen LogP contribution in [0.1, 0.15) is 0 Å². The van der Waals surface area contributed by atoms with E-state index in [0.717, 1.165) is 0 Å². The van der Waals surface area contributed by atoms with Crippen LogP contribution in [0.25, 0.3) is 0 Å². The van der Waals surface area contributed by atoms with Crippen molar-refractivity contribution >= 4 is 9.03 Å². The Morgan fingerprint density at radius 3 is 2.25 bits per heavy atom. The largest absolute Gasteiger partial charge is 0.352 e. The minimum Gasteiger partial charge on any atom is -0.352 e. The summed E-state index contributed by atoms with van der Waals surface area (Å²) in [4.78, 5) is 7.68. The molecule has 0 rings (SSSR count). The van der Waals surface area contributed by atoms with Gasteiger partial charge in [-0.05, 0) is 0 Å². The van der Waals surface area contributed by atoms with Crippen molar-refractivity contribution in [3.05, 3.63) is 0 Å². The number of hydrogen-bond donors (Lipinski definition) is 1. The molecular weight excluding hydrogens is 75.0 g/mol. The molecule has 0 aliphatic rings. The lowest BCUT2D eigenvalue weighted by Gasteiger charge is -1.75. The third kappa shape index (κ3) is 2.35. The number of rotatable bonds is 1. The fourth-order valence-corrected chi connectivity index (χ4v) is 0. The lowest BCUT2D eigenvalue weighted by molar-refractivity contribution is 0.413. The Hall–Kier alpha value is 0.350. The highest BCUT2D eigenvalue weighted by Gasteiger charge is 1.53. The maximum absolute atomic E-state index is 7.68. The van der Waals surface area contributed by atoms with Crippen LogP contribution in [0.2, 0.25) is 0 Å². The molecule has 0 spiro atoms. The average Bonchev–Trinajstić information content (AvgIpc) is 1.37. The zero-order valence-electron chi connectivity index (χ0n) is 2.36. The topological polar surface area (TPSA) is 29.5 Å². The van der Waals surface area contributed by atoms with Gasteiger partial charge in [-0.3, -0.25) is 0 Å². The summed E-state index contributed by atoms with van der Waals surface area (Å²) in [7, 11) is 1.08. The Bertz CT molecular complexity index is 8.00. The Balaban J connectivity index is 1.97. The van der Waals surface area contributed by atoms with E-state index in [-0.39, 0.29) is 9.03 Å². The summed E-state index contributed by atoms with van der Waals surface area (Å²) < 4.78 is 4.12. The van der Waals surface area contributed by atoms with Crippen LogP contribution in [-0.4, -0.2) is 12.0 Å². The molecule has 0 fully saturated rings. The zero-order valence-corrected chi connectivity index (χ0v) is 3.36. The Morgan fingerprint density at radius 2 is 2.25 bits per heavy atom. The van der Waals surface area contributed by atoms with Gasteiger partial charge in [-0.2, -0.15) is 0 Å². The monoisotopic (exact) mass is 80.0 g/mol. The van der Waals surface area contributed by atoms with Gasteiger partial charge in [0, 0.05) is 7.11 Å². The molecule has 1 atom stereocenters. The molecule has 0 saturated carbocycles. The molecule has 26 valence electrons. The molecule has 0 aromatic carbocycles. The van der Waals surface area contributed by atoms with E-state index in [1.54, 1.807) is 0 Å². The maximum Gasteiger partial charge on any atom is 0.151 e. The van der Waals surface area contributed by atoms with Gasteiger partial charge in [0.25, 0.3) is 0 Å². The highest BCUT2D eigenvalue weighted by molar-refractivity contribution is 7.24. The van der Waals surface area contributed by atoms with Crippen LogP contribution in [0, 0.1) is 0 Å².